The fourth-order valence-electron chi connectivity index (χ4n) is 2.95. The highest BCUT2D eigenvalue weighted by Gasteiger charge is 2.27. The van der Waals surface area contributed by atoms with Crippen LogP contribution < -0.4 is 0 Å². The Balaban J connectivity index is 1.83. The first-order chi connectivity index (χ1) is 13.5. The van der Waals surface area contributed by atoms with E-state index in [-0.39, 0.29) is 10.8 Å². The molecular formula is C19H24N2O5S2. The third-order valence-electron chi connectivity index (χ3n) is 4.47. The number of hydrogen-bond acceptors (Lipinski definition) is 6. The van der Waals surface area contributed by atoms with Gasteiger partial charge in [-0.3, -0.25) is 4.79 Å². The fourth-order valence-corrected chi connectivity index (χ4v) is 5.13. The van der Waals surface area contributed by atoms with Crippen LogP contribution >= 0.6 is 11.3 Å². The van der Waals surface area contributed by atoms with E-state index >= 15 is 0 Å². The molecule has 1 amide bonds. The number of sulfonamides is 1. The van der Waals surface area contributed by atoms with Gasteiger partial charge in [0.1, 0.15) is 0 Å². The van der Waals surface area contributed by atoms with E-state index in [4.69, 9.17) is 9.47 Å². The molecule has 0 unspecified atom stereocenters. The first kappa shape index (κ1) is 20.9. The first-order valence-electron chi connectivity index (χ1n) is 9.01. The molecule has 0 atom stereocenters. The Morgan fingerprint density at radius 2 is 2.04 bits per heavy atom. The lowest BCUT2D eigenvalue weighted by Gasteiger charge is -2.26. The second-order valence-corrected chi connectivity index (χ2v) is 9.31. The molecule has 28 heavy (non-hydrogen) atoms. The van der Waals surface area contributed by atoms with Crippen LogP contribution in [-0.2, 0) is 26.0 Å². The molecule has 9 heteroatoms. The highest BCUT2D eigenvalue weighted by atomic mass is 32.2. The van der Waals surface area contributed by atoms with Gasteiger partial charge in [0.05, 0.1) is 31.3 Å². The van der Waals surface area contributed by atoms with Gasteiger partial charge in [0.2, 0.25) is 10.0 Å². The Kier molecular flexibility index (Phi) is 7.19. The van der Waals surface area contributed by atoms with E-state index in [0.717, 1.165) is 4.88 Å². The fraction of sp³-hybridized carbons (Fsp3) is 0.421. The number of hydrogen-bond donors (Lipinski definition) is 0. The third-order valence-corrected chi connectivity index (χ3v) is 7.22. The number of amides is 1. The Hall–Kier alpha value is -1.78. The van der Waals surface area contributed by atoms with Crippen LogP contribution in [0.4, 0.5) is 0 Å². The molecule has 1 aromatic carbocycles. The van der Waals surface area contributed by atoms with Crippen LogP contribution in [0.15, 0.2) is 46.7 Å². The second-order valence-electron chi connectivity index (χ2n) is 6.34. The summed E-state index contributed by atoms with van der Waals surface area (Å²) in [6.07, 6.45) is 0. The summed E-state index contributed by atoms with van der Waals surface area (Å²) >= 11 is 1.57. The number of methoxy groups -OCH3 is 1. The molecule has 2 heterocycles. The Bertz CT molecular complexity index is 877. The van der Waals surface area contributed by atoms with Crippen LogP contribution in [-0.4, -0.2) is 70.1 Å². The van der Waals surface area contributed by atoms with E-state index in [1.165, 1.54) is 16.4 Å². The van der Waals surface area contributed by atoms with E-state index in [1.807, 2.05) is 17.5 Å². The van der Waals surface area contributed by atoms with Crippen LogP contribution in [0, 0.1) is 0 Å². The van der Waals surface area contributed by atoms with Crippen molar-refractivity contribution >= 4 is 27.3 Å². The molecule has 0 aliphatic carbocycles. The van der Waals surface area contributed by atoms with Crippen LogP contribution in [0.3, 0.4) is 0 Å². The summed E-state index contributed by atoms with van der Waals surface area (Å²) in [7, 11) is -2.06. The normalized spacial score (nSPS) is 15.5. The number of nitrogens with zero attached hydrogens (tertiary/aromatic N) is 2. The second kappa shape index (κ2) is 9.62. The van der Waals surface area contributed by atoms with Gasteiger partial charge in [-0.05, 0) is 29.6 Å². The van der Waals surface area contributed by atoms with Crippen molar-refractivity contribution in [3.05, 3.63) is 52.2 Å². The lowest BCUT2D eigenvalue weighted by Crippen LogP contribution is -2.40. The van der Waals surface area contributed by atoms with Crippen molar-refractivity contribution in [2.75, 3.05) is 46.6 Å². The maximum Gasteiger partial charge on any atom is 0.254 e. The Labute approximate surface area is 169 Å². The molecule has 1 fully saturated rings. The summed E-state index contributed by atoms with van der Waals surface area (Å²) < 4.78 is 37.5. The van der Waals surface area contributed by atoms with E-state index in [1.54, 1.807) is 35.5 Å². The van der Waals surface area contributed by atoms with Gasteiger partial charge in [-0.2, -0.15) is 4.31 Å². The van der Waals surface area contributed by atoms with E-state index in [0.29, 0.717) is 51.6 Å². The number of morpholine rings is 1. The standard InChI is InChI=1S/C19H24N2O5S2/c1-25-10-7-20(15-17-5-3-13-27-17)19(22)16-4-2-6-18(14-16)28(23,24)21-8-11-26-12-9-21/h2-6,13-14H,7-12,15H2,1H3. The maximum atomic E-state index is 13.1. The van der Waals surface area contributed by atoms with E-state index in [2.05, 4.69) is 0 Å². The van der Waals surface area contributed by atoms with Crippen LogP contribution in [0.2, 0.25) is 0 Å². The SMILES string of the molecule is COCCN(Cc1cccs1)C(=O)c1cccc(S(=O)(=O)N2CCOCC2)c1. The molecule has 152 valence electrons. The third kappa shape index (κ3) is 4.98. The smallest absolute Gasteiger partial charge is 0.254 e. The molecule has 1 aliphatic heterocycles. The van der Waals surface area contributed by atoms with Crippen LogP contribution in [0.1, 0.15) is 15.2 Å². The van der Waals surface area contributed by atoms with Crippen molar-refractivity contribution in [2.45, 2.75) is 11.4 Å². The molecule has 0 spiro atoms. The van der Waals surface area contributed by atoms with Gasteiger partial charge in [0, 0.05) is 37.2 Å². The van der Waals surface area contributed by atoms with Crippen molar-refractivity contribution in [3.8, 4) is 0 Å². The summed E-state index contributed by atoms with van der Waals surface area (Å²) in [6, 6.07) is 10.2. The van der Waals surface area contributed by atoms with Crippen LogP contribution in [0.25, 0.3) is 0 Å². The van der Waals surface area contributed by atoms with Crippen molar-refractivity contribution in [1.29, 1.82) is 0 Å². The van der Waals surface area contributed by atoms with Crippen molar-refractivity contribution in [1.82, 2.24) is 9.21 Å². The number of benzene rings is 1. The summed E-state index contributed by atoms with van der Waals surface area (Å²) in [6.45, 7) is 2.68. The minimum absolute atomic E-state index is 0.128. The molecule has 2 aromatic rings. The van der Waals surface area contributed by atoms with Gasteiger partial charge in [-0.1, -0.05) is 12.1 Å². The molecule has 1 aliphatic rings. The number of thiophene rings is 1. The predicted molar refractivity (Wildman–Crippen MR) is 107 cm³/mol. The molecule has 0 radical (unpaired) electrons. The van der Waals surface area contributed by atoms with E-state index in [9.17, 15) is 13.2 Å². The van der Waals surface area contributed by atoms with E-state index < -0.39 is 10.0 Å². The average molecular weight is 425 g/mol. The van der Waals surface area contributed by atoms with Crippen molar-refractivity contribution in [3.63, 3.8) is 0 Å². The zero-order chi connectivity index (χ0) is 20.0. The minimum Gasteiger partial charge on any atom is -0.383 e. The predicted octanol–water partition coefficient (Wildman–Crippen LogP) is 2.06. The summed E-state index contributed by atoms with van der Waals surface area (Å²) in [5, 5.41) is 1.96. The molecular weight excluding hydrogens is 400 g/mol. The quantitative estimate of drug-likeness (QED) is 0.648. The molecule has 7 nitrogen and oxygen atoms in total. The van der Waals surface area contributed by atoms with Gasteiger partial charge < -0.3 is 14.4 Å². The van der Waals surface area contributed by atoms with Gasteiger partial charge >= 0.3 is 0 Å². The first-order valence-corrected chi connectivity index (χ1v) is 11.3. The van der Waals surface area contributed by atoms with Gasteiger partial charge in [0.15, 0.2) is 0 Å². The molecule has 0 saturated carbocycles. The maximum absolute atomic E-state index is 13.1. The van der Waals surface area contributed by atoms with Gasteiger partial charge in [0.25, 0.3) is 5.91 Å². The zero-order valence-electron chi connectivity index (χ0n) is 15.7. The largest absolute Gasteiger partial charge is 0.383 e. The van der Waals surface area contributed by atoms with Crippen molar-refractivity contribution < 1.29 is 22.7 Å². The molecule has 1 aromatic heterocycles. The molecule has 0 bridgehead atoms. The lowest BCUT2D eigenvalue weighted by atomic mass is 10.2. The summed E-state index contributed by atoms with van der Waals surface area (Å²) in [4.78, 5) is 15.9. The Morgan fingerprint density at radius 3 is 2.71 bits per heavy atom. The molecule has 3 rings (SSSR count). The summed E-state index contributed by atoms with van der Waals surface area (Å²) in [5.74, 6) is -0.218. The zero-order valence-corrected chi connectivity index (χ0v) is 17.4. The summed E-state index contributed by atoms with van der Waals surface area (Å²) in [5.41, 5.74) is 0.349. The van der Waals surface area contributed by atoms with Gasteiger partial charge in [-0.15, -0.1) is 11.3 Å². The molecule has 0 N–H and O–H groups in total. The monoisotopic (exact) mass is 424 g/mol. The highest BCUT2D eigenvalue weighted by Crippen LogP contribution is 2.20. The van der Waals surface area contributed by atoms with Gasteiger partial charge in [-0.25, -0.2) is 8.42 Å². The molecule has 1 saturated heterocycles. The minimum atomic E-state index is -3.65. The van der Waals surface area contributed by atoms with Crippen LogP contribution in [0.5, 0.6) is 0 Å². The number of rotatable bonds is 8. The Morgan fingerprint density at radius 1 is 1.25 bits per heavy atom. The number of ether oxygens (including phenoxy) is 2. The topological polar surface area (TPSA) is 76.2 Å². The highest BCUT2D eigenvalue weighted by molar-refractivity contribution is 7.89. The number of carbonyl (C=O) groups is 1. The van der Waals surface area contributed by atoms with Crippen molar-refractivity contribution in [2.24, 2.45) is 0 Å². The lowest BCUT2D eigenvalue weighted by molar-refractivity contribution is 0.0682. The average Bonchev–Trinajstić information content (AvgIpc) is 3.24. The number of carbonyl (C=O) groups excluding carboxylic acids is 1.